The van der Waals surface area contributed by atoms with Crippen LogP contribution in [0, 0.1) is 5.82 Å². The number of halogens is 2. The Morgan fingerprint density at radius 2 is 2.00 bits per heavy atom. The van der Waals surface area contributed by atoms with Crippen LogP contribution in [-0.2, 0) is 11.4 Å². The van der Waals surface area contributed by atoms with Crippen LogP contribution in [0.1, 0.15) is 25.0 Å². The summed E-state index contributed by atoms with van der Waals surface area (Å²) < 4.78 is 20.0. The molecule has 0 atom stereocenters. The molecule has 1 aliphatic heterocycles. The van der Waals surface area contributed by atoms with Crippen LogP contribution in [0.5, 0.6) is 5.75 Å². The first-order valence-corrected chi connectivity index (χ1v) is 9.90. The highest BCUT2D eigenvalue weighted by atomic mass is 79.9. The molecule has 0 bridgehead atoms. The summed E-state index contributed by atoms with van der Waals surface area (Å²) in [5, 5.41) is -0.279. The Bertz CT molecular complexity index is 929. The van der Waals surface area contributed by atoms with E-state index in [9.17, 15) is 14.0 Å². The predicted octanol–water partition coefficient (Wildman–Crippen LogP) is 5.61. The average molecular weight is 450 g/mol. The summed E-state index contributed by atoms with van der Waals surface area (Å²) in [4.78, 5) is 26.2. The first kappa shape index (κ1) is 19.6. The van der Waals surface area contributed by atoms with E-state index in [-0.39, 0.29) is 29.6 Å². The Kier molecular flexibility index (Phi) is 6.01. The minimum absolute atomic E-state index is 0.188. The van der Waals surface area contributed by atoms with Crippen LogP contribution in [0.3, 0.4) is 0 Å². The van der Waals surface area contributed by atoms with E-state index in [1.54, 1.807) is 38.1 Å². The SMILES string of the molecule is CC(C)N1C(=O)S/C(=C\c2cc(Br)ccc2OCc2cccc(F)c2)C1=O. The summed E-state index contributed by atoms with van der Waals surface area (Å²) in [7, 11) is 0. The normalized spacial score (nSPS) is 15.9. The summed E-state index contributed by atoms with van der Waals surface area (Å²) in [6.45, 7) is 3.78. The van der Waals surface area contributed by atoms with Gasteiger partial charge >= 0.3 is 0 Å². The zero-order valence-corrected chi connectivity index (χ0v) is 17.1. The van der Waals surface area contributed by atoms with Gasteiger partial charge in [-0.1, -0.05) is 28.1 Å². The van der Waals surface area contributed by atoms with Crippen molar-refractivity contribution in [2.75, 3.05) is 0 Å². The van der Waals surface area contributed by atoms with Gasteiger partial charge in [-0.3, -0.25) is 14.5 Å². The van der Waals surface area contributed by atoms with Crippen molar-refractivity contribution < 1.29 is 18.7 Å². The van der Waals surface area contributed by atoms with Crippen molar-refractivity contribution in [3.63, 3.8) is 0 Å². The molecule has 0 unspecified atom stereocenters. The lowest BCUT2D eigenvalue weighted by Crippen LogP contribution is -2.34. The number of carbonyl (C=O) groups excluding carboxylic acids is 2. The summed E-state index contributed by atoms with van der Waals surface area (Å²) in [6.07, 6.45) is 1.65. The maximum atomic E-state index is 13.3. The summed E-state index contributed by atoms with van der Waals surface area (Å²) in [6, 6.07) is 11.4. The number of hydrogen-bond acceptors (Lipinski definition) is 4. The van der Waals surface area contributed by atoms with Crippen molar-refractivity contribution >= 4 is 44.9 Å². The highest BCUT2D eigenvalue weighted by Gasteiger charge is 2.36. The molecule has 1 fully saturated rings. The third-order valence-electron chi connectivity index (χ3n) is 3.88. The molecular weight excluding hydrogens is 433 g/mol. The van der Waals surface area contributed by atoms with Crippen LogP contribution in [-0.4, -0.2) is 22.1 Å². The van der Waals surface area contributed by atoms with E-state index in [0.717, 1.165) is 16.2 Å². The first-order chi connectivity index (χ1) is 12.8. The molecule has 3 rings (SSSR count). The lowest BCUT2D eigenvalue weighted by Gasteiger charge is -2.16. The molecule has 4 nitrogen and oxygen atoms in total. The Labute approximate surface area is 169 Å². The van der Waals surface area contributed by atoms with E-state index >= 15 is 0 Å². The number of amides is 2. The van der Waals surface area contributed by atoms with Gasteiger partial charge in [0.1, 0.15) is 18.2 Å². The van der Waals surface area contributed by atoms with E-state index in [1.807, 2.05) is 12.1 Å². The van der Waals surface area contributed by atoms with Crippen LogP contribution in [0.2, 0.25) is 0 Å². The molecule has 7 heteroatoms. The Morgan fingerprint density at radius 3 is 2.67 bits per heavy atom. The number of hydrogen-bond donors (Lipinski definition) is 0. The molecule has 27 heavy (non-hydrogen) atoms. The molecule has 2 aromatic rings. The van der Waals surface area contributed by atoms with Crippen LogP contribution >= 0.6 is 27.7 Å². The largest absolute Gasteiger partial charge is 0.488 e. The Balaban J connectivity index is 1.86. The van der Waals surface area contributed by atoms with Gasteiger partial charge in [-0.25, -0.2) is 4.39 Å². The molecule has 140 valence electrons. The molecule has 1 aliphatic rings. The van der Waals surface area contributed by atoms with Gasteiger partial charge in [-0.05, 0) is 67.6 Å². The van der Waals surface area contributed by atoms with E-state index < -0.39 is 0 Å². The van der Waals surface area contributed by atoms with Crippen molar-refractivity contribution in [3.8, 4) is 5.75 Å². The molecule has 2 amide bonds. The highest BCUT2D eigenvalue weighted by molar-refractivity contribution is 9.10. The third-order valence-corrected chi connectivity index (χ3v) is 5.26. The van der Waals surface area contributed by atoms with Crippen molar-refractivity contribution in [1.29, 1.82) is 0 Å². The second-order valence-corrected chi connectivity index (χ2v) is 8.16. The molecule has 0 aliphatic carbocycles. The molecular formula is C20H17BrFNO3S. The van der Waals surface area contributed by atoms with Gasteiger partial charge in [0.05, 0.1) is 4.91 Å². The zero-order chi connectivity index (χ0) is 19.6. The maximum Gasteiger partial charge on any atom is 0.293 e. The highest BCUT2D eigenvalue weighted by Crippen LogP contribution is 2.36. The minimum Gasteiger partial charge on any atom is -0.488 e. The predicted molar refractivity (Wildman–Crippen MR) is 108 cm³/mol. The van der Waals surface area contributed by atoms with E-state index in [1.165, 1.54) is 17.0 Å². The van der Waals surface area contributed by atoms with Crippen molar-refractivity contribution in [3.05, 3.63) is 68.8 Å². The fourth-order valence-electron chi connectivity index (χ4n) is 2.62. The van der Waals surface area contributed by atoms with Gasteiger partial charge in [0.2, 0.25) is 0 Å². The lowest BCUT2D eigenvalue weighted by molar-refractivity contribution is -0.123. The summed E-state index contributed by atoms with van der Waals surface area (Å²) in [5.74, 6) is -0.0932. The maximum absolute atomic E-state index is 13.3. The smallest absolute Gasteiger partial charge is 0.293 e. The van der Waals surface area contributed by atoms with Gasteiger partial charge in [-0.15, -0.1) is 0 Å². The number of rotatable bonds is 5. The zero-order valence-electron chi connectivity index (χ0n) is 14.7. The molecule has 0 spiro atoms. The van der Waals surface area contributed by atoms with Gasteiger partial charge in [0.15, 0.2) is 0 Å². The topological polar surface area (TPSA) is 46.6 Å². The van der Waals surface area contributed by atoms with E-state index in [0.29, 0.717) is 21.8 Å². The first-order valence-electron chi connectivity index (χ1n) is 8.29. The van der Waals surface area contributed by atoms with Crippen molar-refractivity contribution in [2.24, 2.45) is 0 Å². The fraction of sp³-hybridized carbons (Fsp3) is 0.200. The third kappa shape index (κ3) is 4.59. The molecule has 2 aromatic carbocycles. The fourth-order valence-corrected chi connectivity index (χ4v) is 3.95. The number of imide groups is 1. The number of ether oxygens (including phenoxy) is 1. The second kappa shape index (κ2) is 8.27. The van der Waals surface area contributed by atoms with Crippen molar-refractivity contribution in [2.45, 2.75) is 26.5 Å². The van der Waals surface area contributed by atoms with Crippen LogP contribution < -0.4 is 4.74 Å². The number of benzene rings is 2. The van der Waals surface area contributed by atoms with E-state index in [4.69, 9.17) is 4.74 Å². The van der Waals surface area contributed by atoms with Crippen LogP contribution in [0.4, 0.5) is 9.18 Å². The van der Waals surface area contributed by atoms with Crippen LogP contribution in [0.25, 0.3) is 6.08 Å². The quantitative estimate of drug-likeness (QED) is 0.556. The molecule has 0 N–H and O–H groups in total. The molecule has 1 heterocycles. The van der Waals surface area contributed by atoms with E-state index in [2.05, 4.69) is 15.9 Å². The van der Waals surface area contributed by atoms with Gasteiger partial charge in [0, 0.05) is 16.1 Å². The molecule has 0 radical (unpaired) electrons. The molecule has 1 saturated heterocycles. The van der Waals surface area contributed by atoms with Gasteiger partial charge < -0.3 is 4.74 Å². The van der Waals surface area contributed by atoms with Gasteiger partial charge in [0.25, 0.3) is 11.1 Å². The minimum atomic E-state index is -0.325. The average Bonchev–Trinajstić information content (AvgIpc) is 2.88. The Hall–Kier alpha value is -2.12. The monoisotopic (exact) mass is 449 g/mol. The van der Waals surface area contributed by atoms with Gasteiger partial charge in [-0.2, -0.15) is 0 Å². The summed E-state index contributed by atoms with van der Waals surface area (Å²) in [5.41, 5.74) is 1.36. The molecule has 0 aromatic heterocycles. The Morgan fingerprint density at radius 1 is 1.22 bits per heavy atom. The molecule has 0 saturated carbocycles. The second-order valence-electron chi connectivity index (χ2n) is 6.25. The number of thioether (sulfide) groups is 1. The number of carbonyl (C=O) groups is 2. The summed E-state index contributed by atoms with van der Waals surface area (Å²) >= 11 is 4.32. The number of nitrogens with zero attached hydrogens (tertiary/aromatic N) is 1. The lowest BCUT2D eigenvalue weighted by atomic mass is 10.1. The standard InChI is InChI=1S/C20H17BrFNO3S/c1-12(2)23-19(24)18(27-20(23)25)10-14-9-15(21)6-7-17(14)26-11-13-4-3-5-16(22)8-13/h3-10,12H,11H2,1-2H3/b18-10-. The van der Waals surface area contributed by atoms with Crippen LogP contribution in [0.15, 0.2) is 51.8 Å². The van der Waals surface area contributed by atoms with Crippen molar-refractivity contribution in [1.82, 2.24) is 4.90 Å².